The number of halogens is 1. The third-order valence-electron chi connectivity index (χ3n) is 2.93. The van der Waals surface area contributed by atoms with Crippen molar-refractivity contribution >= 4 is 30.1 Å². The molecule has 0 aromatic heterocycles. The Balaban J connectivity index is 0.00000361. The Morgan fingerprint density at radius 3 is 2.70 bits per heavy atom. The van der Waals surface area contributed by atoms with Gasteiger partial charge in [0.15, 0.2) is 0 Å². The first-order chi connectivity index (χ1) is 9.10. The van der Waals surface area contributed by atoms with Gasteiger partial charge in [0.05, 0.1) is 19.2 Å². The lowest BCUT2D eigenvalue weighted by Crippen LogP contribution is -2.42. The minimum Gasteiger partial charge on any atom is -0.496 e. The summed E-state index contributed by atoms with van der Waals surface area (Å²) in [5, 5.41) is 2.93. The van der Waals surface area contributed by atoms with E-state index in [1.807, 2.05) is 37.4 Å². The van der Waals surface area contributed by atoms with Crippen molar-refractivity contribution in [2.24, 2.45) is 5.73 Å². The topological polar surface area (TPSA) is 64.3 Å². The number of carbonyl (C=O) groups excluding carboxylic acids is 1. The second-order valence-electron chi connectivity index (χ2n) is 4.36. The molecule has 2 atom stereocenters. The summed E-state index contributed by atoms with van der Waals surface area (Å²) in [5.41, 5.74) is 6.80. The molecule has 0 radical (unpaired) electrons. The van der Waals surface area contributed by atoms with Crippen LogP contribution in [0.3, 0.4) is 0 Å². The first kappa shape index (κ1) is 19.1. The molecule has 0 saturated carbocycles. The predicted octanol–water partition coefficient (Wildman–Crippen LogP) is 2.37. The second-order valence-corrected chi connectivity index (χ2v) is 5.35. The zero-order chi connectivity index (χ0) is 14.3. The molecule has 6 heteroatoms. The van der Waals surface area contributed by atoms with Crippen LogP contribution in [0.2, 0.25) is 0 Å². The average Bonchev–Trinajstić information content (AvgIpc) is 2.44. The highest BCUT2D eigenvalue weighted by molar-refractivity contribution is 7.98. The van der Waals surface area contributed by atoms with Crippen molar-refractivity contribution < 1.29 is 9.53 Å². The molecule has 1 aromatic rings. The summed E-state index contributed by atoms with van der Waals surface area (Å²) >= 11 is 1.69. The maximum Gasteiger partial charge on any atom is 0.237 e. The van der Waals surface area contributed by atoms with E-state index in [4.69, 9.17) is 10.5 Å². The van der Waals surface area contributed by atoms with Crippen molar-refractivity contribution in [3.8, 4) is 5.75 Å². The van der Waals surface area contributed by atoms with Crippen LogP contribution in [-0.4, -0.2) is 31.1 Å². The molecule has 0 aliphatic rings. The number of para-hydroxylation sites is 1. The molecule has 0 saturated heterocycles. The summed E-state index contributed by atoms with van der Waals surface area (Å²) in [5.74, 6) is 1.54. The number of hydrogen-bond donors (Lipinski definition) is 2. The second kappa shape index (κ2) is 9.91. The van der Waals surface area contributed by atoms with Crippen molar-refractivity contribution in [3.05, 3.63) is 29.8 Å². The van der Waals surface area contributed by atoms with Crippen molar-refractivity contribution in [2.45, 2.75) is 25.4 Å². The first-order valence-corrected chi connectivity index (χ1v) is 7.67. The fraction of sp³-hybridized carbons (Fsp3) is 0.500. The lowest BCUT2D eigenvalue weighted by atomic mass is 10.1. The molecule has 1 aromatic carbocycles. The molecule has 0 spiro atoms. The third-order valence-corrected chi connectivity index (χ3v) is 3.58. The van der Waals surface area contributed by atoms with Gasteiger partial charge in [-0.3, -0.25) is 4.79 Å². The maximum absolute atomic E-state index is 11.9. The summed E-state index contributed by atoms with van der Waals surface area (Å²) in [6, 6.07) is 7.08. The number of nitrogens with one attached hydrogen (secondary N) is 1. The number of methoxy groups -OCH3 is 1. The number of amides is 1. The average molecular weight is 319 g/mol. The number of rotatable bonds is 7. The van der Waals surface area contributed by atoms with Crippen LogP contribution in [0.15, 0.2) is 24.3 Å². The van der Waals surface area contributed by atoms with Crippen LogP contribution in [-0.2, 0) is 4.79 Å². The Bertz CT molecular complexity index is 418. The van der Waals surface area contributed by atoms with E-state index < -0.39 is 6.04 Å². The van der Waals surface area contributed by atoms with Gasteiger partial charge < -0.3 is 15.8 Å². The van der Waals surface area contributed by atoms with Crippen molar-refractivity contribution in [1.29, 1.82) is 0 Å². The highest BCUT2D eigenvalue weighted by Gasteiger charge is 2.18. The number of hydrogen-bond acceptors (Lipinski definition) is 4. The van der Waals surface area contributed by atoms with Gasteiger partial charge in [0.2, 0.25) is 5.91 Å². The van der Waals surface area contributed by atoms with E-state index in [2.05, 4.69) is 5.32 Å². The molecule has 3 N–H and O–H groups in total. The highest BCUT2D eigenvalue weighted by atomic mass is 35.5. The van der Waals surface area contributed by atoms with Crippen molar-refractivity contribution in [2.75, 3.05) is 19.1 Å². The van der Waals surface area contributed by atoms with E-state index >= 15 is 0 Å². The fourth-order valence-electron chi connectivity index (χ4n) is 1.80. The van der Waals surface area contributed by atoms with Gasteiger partial charge in [0.25, 0.3) is 0 Å². The van der Waals surface area contributed by atoms with Gasteiger partial charge in [0.1, 0.15) is 5.75 Å². The smallest absolute Gasteiger partial charge is 0.237 e. The van der Waals surface area contributed by atoms with Gasteiger partial charge in [-0.15, -0.1) is 12.4 Å². The maximum atomic E-state index is 11.9. The number of thioether (sulfide) groups is 1. The fourth-order valence-corrected chi connectivity index (χ4v) is 2.29. The first-order valence-electron chi connectivity index (χ1n) is 6.28. The van der Waals surface area contributed by atoms with Gasteiger partial charge in [-0.1, -0.05) is 18.2 Å². The molecule has 0 bridgehead atoms. The number of ether oxygens (including phenoxy) is 1. The Labute approximate surface area is 131 Å². The van der Waals surface area contributed by atoms with E-state index in [0.717, 1.165) is 17.1 Å². The van der Waals surface area contributed by atoms with Gasteiger partial charge in [0, 0.05) is 5.56 Å². The Kier molecular flexibility index (Phi) is 9.46. The third kappa shape index (κ3) is 5.61. The minimum absolute atomic E-state index is 0. The lowest BCUT2D eigenvalue weighted by Gasteiger charge is -2.19. The highest BCUT2D eigenvalue weighted by Crippen LogP contribution is 2.24. The molecule has 0 aliphatic heterocycles. The zero-order valence-corrected chi connectivity index (χ0v) is 13.7. The quantitative estimate of drug-likeness (QED) is 0.810. The summed E-state index contributed by atoms with van der Waals surface area (Å²) in [7, 11) is 1.62. The van der Waals surface area contributed by atoms with Gasteiger partial charge >= 0.3 is 0 Å². The van der Waals surface area contributed by atoms with E-state index in [9.17, 15) is 4.79 Å². The number of nitrogens with two attached hydrogens (primary N) is 1. The standard InChI is InChI=1S/C14H22N2O2S.ClH/c1-10(11-6-4-5-7-13(11)18-2)16-14(17)12(15)8-9-19-3;/h4-7,10,12H,8-9,15H2,1-3H3,(H,16,17);1H. The molecule has 2 unspecified atom stereocenters. The van der Waals surface area contributed by atoms with Crippen LogP contribution in [0.5, 0.6) is 5.75 Å². The molecular weight excluding hydrogens is 296 g/mol. The van der Waals surface area contributed by atoms with Crippen LogP contribution < -0.4 is 15.8 Å². The molecule has 0 aliphatic carbocycles. The predicted molar refractivity (Wildman–Crippen MR) is 87.8 cm³/mol. The van der Waals surface area contributed by atoms with Crippen LogP contribution in [0, 0.1) is 0 Å². The molecule has 1 rings (SSSR count). The summed E-state index contributed by atoms with van der Waals surface area (Å²) in [6.07, 6.45) is 2.69. The van der Waals surface area contributed by atoms with E-state index in [1.165, 1.54) is 0 Å². The monoisotopic (exact) mass is 318 g/mol. The zero-order valence-electron chi connectivity index (χ0n) is 12.1. The van der Waals surface area contributed by atoms with E-state index in [-0.39, 0.29) is 24.4 Å². The molecule has 20 heavy (non-hydrogen) atoms. The van der Waals surface area contributed by atoms with Gasteiger partial charge in [-0.25, -0.2) is 0 Å². The molecule has 114 valence electrons. The van der Waals surface area contributed by atoms with Crippen LogP contribution >= 0.6 is 24.2 Å². The Morgan fingerprint density at radius 1 is 1.45 bits per heavy atom. The van der Waals surface area contributed by atoms with Crippen molar-refractivity contribution in [1.82, 2.24) is 5.32 Å². The molecule has 4 nitrogen and oxygen atoms in total. The van der Waals surface area contributed by atoms with E-state index in [0.29, 0.717) is 6.42 Å². The molecule has 0 heterocycles. The lowest BCUT2D eigenvalue weighted by molar-refractivity contribution is -0.123. The number of carbonyl (C=O) groups is 1. The SMILES string of the molecule is COc1ccccc1C(C)NC(=O)C(N)CCSC.Cl. The summed E-state index contributed by atoms with van der Waals surface area (Å²) in [6.45, 7) is 1.93. The Morgan fingerprint density at radius 2 is 2.10 bits per heavy atom. The largest absolute Gasteiger partial charge is 0.496 e. The number of benzene rings is 1. The van der Waals surface area contributed by atoms with Gasteiger partial charge in [-0.2, -0.15) is 11.8 Å². The molecule has 0 fully saturated rings. The summed E-state index contributed by atoms with van der Waals surface area (Å²) < 4.78 is 5.29. The molecule has 1 amide bonds. The van der Waals surface area contributed by atoms with Gasteiger partial charge in [-0.05, 0) is 31.4 Å². The van der Waals surface area contributed by atoms with Crippen molar-refractivity contribution in [3.63, 3.8) is 0 Å². The van der Waals surface area contributed by atoms with Crippen LogP contribution in [0.1, 0.15) is 24.9 Å². The van der Waals surface area contributed by atoms with Crippen LogP contribution in [0.25, 0.3) is 0 Å². The normalized spacial score (nSPS) is 13.0. The minimum atomic E-state index is -0.454. The van der Waals surface area contributed by atoms with E-state index in [1.54, 1.807) is 18.9 Å². The molecular formula is C14H23ClN2O2S. The summed E-state index contributed by atoms with van der Waals surface area (Å²) in [4.78, 5) is 11.9. The Hall–Kier alpha value is -0.910. The van der Waals surface area contributed by atoms with Crippen LogP contribution in [0.4, 0.5) is 0 Å².